The van der Waals surface area contributed by atoms with Gasteiger partial charge in [0, 0.05) is 0 Å². The van der Waals surface area contributed by atoms with E-state index >= 15 is 0 Å². The van der Waals surface area contributed by atoms with E-state index in [1.807, 2.05) is 0 Å². The van der Waals surface area contributed by atoms with Crippen molar-refractivity contribution in [1.82, 2.24) is 4.90 Å². The average Bonchev–Trinajstić information content (AvgIpc) is 2.69. The van der Waals surface area contributed by atoms with Crippen molar-refractivity contribution in [3.8, 4) is 0 Å². The highest BCUT2D eigenvalue weighted by atomic mass is 32.2. The summed E-state index contributed by atoms with van der Waals surface area (Å²) < 4.78 is 22.7. The lowest BCUT2D eigenvalue weighted by molar-refractivity contribution is -0.143. The highest BCUT2D eigenvalue weighted by molar-refractivity contribution is 7.91. The number of carbonyl (C=O) groups is 1. The molecule has 0 bridgehead atoms. The first-order chi connectivity index (χ1) is 7.41. The molecule has 7 heteroatoms. The van der Waals surface area contributed by atoms with Crippen LogP contribution in [0.2, 0.25) is 0 Å². The zero-order chi connectivity index (χ0) is 11.9. The number of nitrogens with zero attached hydrogens (tertiary/aromatic N) is 1. The summed E-state index contributed by atoms with van der Waals surface area (Å²) in [6.07, 6.45) is 0.309. The summed E-state index contributed by atoms with van der Waals surface area (Å²) >= 11 is 0. The van der Waals surface area contributed by atoms with Crippen molar-refractivity contribution in [2.45, 2.75) is 31.0 Å². The van der Waals surface area contributed by atoms with Crippen LogP contribution in [0.15, 0.2) is 0 Å². The topological polar surface area (TPSA) is 94.9 Å². The van der Waals surface area contributed by atoms with Gasteiger partial charge in [0.15, 0.2) is 9.84 Å². The van der Waals surface area contributed by atoms with Crippen molar-refractivity contribution in [3.63, 3.8) is 0 Å². The quantitative estimate of drug-likeness (QED) is 0.631. The molecule has 2 aliphatic rings. The Kier molecular flexibility index (Phi) is 2.93. The van der Waals surface area contributed by atoms with E-state index in [4.69, 9.17) is 5.11 Å². The summed E-state index contributed by atoms with van der Waals surface area (Å²) in [7, 11) is -3.22. The lowest BCUT2D eigenvalue weighted by Gasteiger charge is -2.29. The highest BCUT2D eigenvalue weighted by Gasteiger charge is 2.45. The van der Waals surface area contributed by atoms with Crippen LogP contribution in [-0.2, 0) is 14.6 Å². The van der Waals surface area contributed by atoms with Crippen molar-refractivity contribution in [2.24, 2.45) is 0 Å². The predicted molar refractivity (Wildman–Crippen MR) is 55.8 cm³/mol. The molecule has 3 unspecified atom stereocenters. The number of hydrogen-bond donors (Lipinski definition) is 2. The Morgan fingerprint density at radius 3 is 2.50 bits per heavy atom. The minimum absolute atomic E-state index is 0.127. The molecular weight excluding hydrogens is 234 g/mol. The predicted octanol–water partition coefficient (Wildman–Crippen LogP) is -1.31. The minimum atomic E-state index is -3.22. The molecule has 0 aromatic carbocycles. The standard InChI is InChI=1S/C9H15NO5S/c11-8-5-16(14,15)4-7(8)10-3-1-2-6(10)9(12)13/h6-8,11H,1-5H2,(H,12,13). The maximum absolute atomic E-state index is 11.4. The van der Waals surface area contributed by atoms with Crippen molar-refractivity contribution in [1.29, 1.82) is 0 Å². The van der Waals surface area contributed by atoms with Crippen molar-refractivity contribution in [3.05, 3.63) is 0 Å². The van der Waals surface area contributed by atoms with Crippen LogP contribution in [0.1, 0.15) is 12.8 Å². The van der Waals surface area contributed by atoms with Gasteiger partial charge in [-0.1, -0.05) is 0 Å². The number of carboxylic acids is 1. The van der Waals surface area contributed by atoms with Gasteiger partial charge in [0.2, 0.25) is 0 Å². The Labute approximate surface area is 93.8 Å². The second kappa shape index (κ2) is 3.97. The largest absolute Gasteiger partial charge is 0.480 e. The molecule has 92 valence electrons. The van der Waals surface area contributed by atoms with E-state index < -0.39 is 34.0 Å². The molecule has 2 rings (SSSR count). The fraction of sp³-hybridized carbons (Fsp3) is 0.889. The number of carboxylic acid groups (broad SMARTS) is 1. The maximum atomic E-state index is 11.4. The Bertz CT molecular complexity index is 393. The van der Waals surface area contributed by atoms with Crippen LogP contribution in [0.4, 0.5) is 0 Å². The molecule has 0 aromatic rings. The van der Waals surface area contributed by atoms with Gasteiger partial charge in [-0.3, -0.25) is 9.69 Å². The van der Waals surface area contributed by atoms with E-state index in [2.05, 4.69) is 0 Å². The van der Waals surface area contributed by atoms with Gasteiger partial charge in [-0.2, -0.15) is 0 Å². The molecule has 2 aliphatic heterocycles. The monoisotopic (exact) mass is 249 g/mol. The van der Waals surface area contributed by atoms with E-state index in [1.54, 1.807) is 4.90 Å². The second-order valence-corrected chi connectivity index (χ2v) is 6.60. The molecule has 6 nitrogen and oxygen atoms in total. The molecule has 0 aliphatic carbocycles. The fourth-order valence-electron chi connectivity index (χ4n) is 2.58. The normalized spacial score (nSPS) is 38.9. The Morgan fingerprint density at radius 1 is 1.31 bits per heavy atom. The molecule has 0 amide bonds. The van der Waals surface area contributed by atoms with Crippen LogP contribution in [0.3, 0.4) is 0 Å². The zero-order valence-corrected chi connectivity index (χ0v) is 9.56. The third kappa shape index (κ3) is 2.07. The molecule has 2 heterocycles. The molecule has 3 atom stereocenters. The van der Waals surface area contributed by atoms with E-state index in [9.17, 15) is 18.3 Å². The SMILES string of the molecule is O=C(O)C1CCCN1C1CS(=O)(=O)CC1O. The number of aliphatic hydroxyl groups is 1. The molecule has 2 N–H and O–H groups in total. The van der Waals surface area contributed by atoms with Crippen LogP contribution in [-0.4, -0.2) is 65.7 Å². The van der Waals surface area contributed by atoms with Crippen LogP contribution < -0.4 is 0 Å². The number of rotatable bonds is 2. The second-order valence-electron chi connectivity index (χ2n) is 4.45. The average molecular weight is 249 g/mol. The lowest BCUT2D eigenvalue weighted by atomic mass is 10.1. The first-order valence-corrected chi connectivity index (χ1v) is 7.10. The summed E-state index contributed by atoms with van der Waals surface area (Å²) in [4.78, 5) is 12.6. The van der Waals surface area contributed by atoms with E-state index in [1.165, 1.54) is 0 Å². The Balaban J connectivity index is 2.16. The summed E-state index contributed by atoms with van der Waals surface area (Å²) in [5, 5.41) is 18.7. The zero-order valence-electron chi connectivity index (χ0n) is 8.74. The summed E-state index contributed by atoms with van der Waals surface area (Å²) in [6.45, 7) is 0.550. The van der Waals surface area contributed by atoms with Gasteiger partial charge in [-0.05, 0) is 19.4 Å². The van der Waals surface area contributed by atoms with Crippen molar-refractivity contribution < 1.29 is 23.4 Å². The van der Waals surface area contributed by atoms with Gasteiger partial charge in [-0.15, -0.1) is 0 Å². The number of likely N-dealkylation sites (tertiary alicyclic amines) is 1. The number of aliphatic carboxylic acids is 1. The van der Waals surface area contributed by atoms with E-state index in [-0.39, 0.29) is 11.5 Å². The molecule has 0 aromatic heterocycles. The molecule has 0 spiro atoms. The van der Waals surface area contributed by atoms with Crippen LogP contribution in [0.25, 0.3) is 0 Å². The van der Waals surface area contributed by atoms with Gasteiger partial charge < -0.3 is 10.2 Å². The van der Waals surface area contributed by atoms with Crippen LogP contribution >= 0.6 is 0 Å². The van der Waals surface area contributed by atoms with Gasteiger partial charge in [-0.25, -0.2) is 8.42 Å². The summed E-state index contributed by atoms with van der Waals surface area (Å²) in [5.41, 5.74) is 0. The fourth-order valence-corrected chi connectivity index (χ4v) is 4.39. The van der Waals surface area contributed by atoms with Gasteiger partial charge >= 0.3 is 5.97 Å². The van der Waals surface area contributed by atoms with Crippen LogP contribution in [0.5, 0.6) is 0 Å². The van der Waals surface area contributed by atoms with Gasteiger partial charge in [0.1, 0.15) is 6.04 Å². The third-order valence-electron chi connectivity index (χ3n) is 3.30. The van der Waals surface area contributed by atoms with Crippen molar-refractivity contribution in [2.75, 3.05) is 18.1 Å². The molecule has 2 fully saturated rings. The third-order valence-corrected chi connectivity index (χ3v) is 5.00. The molecule has 2 saturated heterocycles. The lowest BCUT2D eigenvalue weighted by Crippen LogP contribution is -2.48. The van der Waals surface area contributed by atoms with E-state index in [0.717, 1.165) is 6.42 Å². The van der Waals surface area contributed by atoms with E-state index in [0.29, 0.717) is 13.0 Å². The number of aliphatic hydroxyl groups excluding tert-OH is 1. The number of hydrogen-bond acceptors (Lipinski definition) is 5. The molecule has 16 heavy (non-hydrogen) atoms. The highest BCUT2D eigenvalue weighted by Crippen LogP contribution is 2.26. The Hall–Kier alpha value is -0.660. The summed E-state index contributed by atoms with van der Waals surface area (Å²) in [5.74, 6) is -1.31. The first-order valence-electron chi connectivity index (χ1n) is 5.28. The Morgan fingerprint density at radius 2 is 2.00 bits per heavy atom. The van der Waals surface area contributed by atoms with Crippen molar-refractivity contribution >= 4 is 15.8 Å². The molecule has 0 saturated carbocycles. The number of sulfone groups is 1. The van der Waals surface area contributed by atoms with Gasteiger partial charge in [0.05, 0.1) is 23.7 Å². The smallest absolute Gasteiger partial charge is 0.320 e. The minimum Gasteiger partial charge on any atom is -0.480 e. The van der Waals surface area contributed by atoms with Crippen LogP contribution in [0, 0.1) is 0 Å². The first kappa shape index (κ1) is 11.8. The summed E-state index contributed by atoms with van der Waals surface area (Å²) in [6, 6.07) is -1.19. The molecule has 0 radical (unpaired) electrons. The van der Waals surface area contributed by atoms with Gasteiger partial charge in [0.25, 0.3) is 0 Å². The molecular formula is C9H15NO5S. The maximum Gasteiger partial charge on any atom is 0.320 e.